The molecule has 0 aromatic rings. The van der Waals surface area contributed by atoms with Crippen molar-refractivity contribution < 1.29 is 9.84 Å². The van der Waals surface area contributed by atoms with Crippen molar-refractivity contribution in [3.8, 4) is 0 Å². The molecule has 0 saturated heterocycles. The molecule has 0 aromatic heterocycles. The predicted octanol–water partition coefficient (Wildman–Crippen LogP) is 0.968. The van der Waals surface area contributed by atoms with E-state index in [2.05, 4.69) is 15.6 Å². The second-order valence-electron chi connectivity index (χ2n) is 4.28. The second-order valence-corrected chi connectivity index (χ2v) is 4.28. The van der Waals surface area contributed by atoms with Crippen LogP contribution in [0.3, 0.4) is 0 Å². The predicted molar refractivity (Wildman–Crippen MR) is 84.6 cm³/mol. The molecule has 0 aromatic carbocycles. The lowest BCUT2D eigenvalue weighted by Crippen LogP contribution is -2.38. The molecule has 0 atom stereocenters. The summed E-state index contributed by atoms with van der Waals surface area (Å²) in [6, 6.07) is 0. The van der Waals surface area contributed by atoms with Gasteiger partial charge in [0, 0.05) is 32.8 Å². The fourth-order valence-corrected chi connectivity index (χ4v) is 1.41. The van der Waals surface area contributed by atoms with Gasteiger partial charge in [-0.25, -0.2) is 0 Å². The number of nitrogens with one attached hydrogen (secondary N) is 2. The Labute approximate surface area is 127 Å². The summed E-state index contributed by atoms with van der Waals surface area (Å²) in [5, 5.41) is 14.9. The molecular weight excluding hydrogens is 345 g/mol. The minimum atomic E-state index is 0. The highest BCUT2D eigenvalue weighted by molar-refractivity contribution is 14.0. The van der Waals surface area contributed by atoms with Gasteiger partial charge in [-0.1, -0.05) is 0 Å². The number of halogens is 1. The summed E-state index contributed by atoms with van der Waals surface area (Å²) in [6.45, 7) is 5.97. The van der Waals surface area contributed by atoms with Crippen LogP contribution in [-0.4, -0.2) is 50.5 Å². The Morgan fingerprint density at radius 2 is 2.17 bits per heavy atom. The van der Waals surface area contributed by atoms with Gasteiger partial charge in [-0.2, -0.15) is 0 Å². The van der Waals surface area contributed by atoms with Crippen LogP contribution >= 0.6 is 24.0 Å². The van der Waals surface area contributed by atoms with Crippen molar-refractivity contribution in [2.45, 2.75) is 26.2 Å². The largest absolute Gasteiger partial charge is 0.395 e. The first-order valence-corrected chi connectivity index (χ1v) is 6.57. The van der Waals surface area contributed by atoms with Crippen LogP contribution in [0.25, 0.3) is 0 Å². The average molecular weight is 371 g/mol. The number of aliphatic hydroxyl groups is 1. The lowest BCUT2D eigenvalue weighted by atomic mass is 10.4. The van der Waals surface area contributed by atoms with Gasteiger partial charge < -0.3 is 20.5 Å². The molecule has 1 aliphatic carbocycles. The maximum Gasteiger partial charge on any atom is 0.191 e. The zero-order chi connectivity index (χ0) is 12.3. The summed E-state index contributed by atoms with van der Waals surface area (Å²) in [4.78, 5) is 4.39. The van der Waals surface area contributed by atoms with Crippen LogP contribution in [0.15, 0.2) is 4.99 Å². The lowest BCUT2D eigenvalue weighted by Gasteiger charge is -2.09. The zero-order valence-corrected chi connectivity index (χ0v) is 13.5. The smallest absolute Gasteiger partial charge is 0.191 e. The van der Waals surface area contributed by atoms with Crippen LogP contribution in [0.5, 0.6) is 0 Å². The van der Waals surface area contributed by atoms with Gasteiger partial charge in [-0.15, -0.1) is 24.0 Å². The Hall–Kier alpha value is -0.0800. The molecule has 0 amide bonds. The third kappa shape index (κ3) is 9.90. The van der Waals surface area contributed by atoms with Crippen LogP contribution in [-0.2, 0) is 4.74 Å². The Kier molecular flexibility index (Phi) is 11.9. The number of rotatable bonds is 9. The molecule has 0 heterocycles. The average Bonchev–Trinajstić information content (AvgIpc) is 3.14. The van der Waals surface area contributed by atoms with Gasteiger partial charge in [-0.05, 0) is 32.1 Å². The molecule has 0 aliphatic heterocycles. The molecule has 0 bridgehead atoms. The Morgan fingerprint density at radius 3 is 2.78 bits per heavy atom. The molecule has 5 nitrogen and oxygen atoms in total. The van der Waals surface area contributed by atoms with Gasteiger partial charge in [-0.3, -0.25) is 4.99 Å². The normalized spacial score (nSPS) is 15.1. The summed E-state index contributed by atoms with van der Waals surface area (Å²) in [5.74, 6) is 1.60. The standard InChI is InChI=1S/C12H25N3O2.HI/c1-2-13-12(15-7-8-16)14-6-3-9-17-10-11-4-5-11;/h11,16H,2-10H2,1H3,(H2,13,14,15);1H. The van der Waals surface area contributed by atoms with Crippen molar-refractivity contribution in [1.29, 1.82) is 0 Å². The van der Waals surface area contributed by atoms with Gasteiger partial charge in [0.05, 0.1) is 6.61 Å². The highest BCUT2D eigenvalue weighted by Crippen LogP contribution is 2.28. The molecule has 108 valence electrons. The van der Waals surface area contributed by atoms with E-state index in [9.17, 15) is 0 Å². The SMILES string of the molecule is CCNC(=NCCCOCC1CC1)NCCO.I. The van der Waals surface area contributed by atoms with E-state index in [4.69, 9.17) is 9.84 Å². The first kappa shape index (κ1) is 17.9. The van der Waals surface area contributed by atoms with Crippen LogP contribution in [0.4, 0.5) is 0 Å². The molecule has 1 aliphatic rings. The minimum Gasteiger partial charge on any atom is -0.395 e. The van der Waals surface area contributed by atoms with Crippen LogP contribution in [0, 0.1) is 5.92 Å². The van der Waals surface area contributed by atoms with Crippen molar-refractivity contribution in [3.05, 3.63) is 0 Å². The van der Waals surface area contributed by atoms with E-state index in [1.807, 2.05) is 6.92 Å². The van der Waals surface area contributed by atoms with Crippen LogP contribution in [0.1, 0.15) is 26.2 Å². The summed E-state index contributed by atoms with van der Waals surface area (Å²) < 4.78 is 5.53. The van der Waals surface area contributed by atoms with E-state index < -0.39 is 0 Å². The molecule has 6 heteroatoms. The van der Waals surface area contributed by atoms with Gasteiger partial charge in [0.2, 0.25) is 0 Å². The maximum atomic E-state index is 8.72. The van der Waals surface area contributed by atoms with Crippen molar-refractivity contribution in [2.75, 3.05) is 39.5 Å². The Morgan fingerprint density at radius 1 is 1.39 bits per heavy atom. The highest BCUT2D eigenvalue weighted by atomic mass is 127. The third-order valence-corrected chi connectivity index (χ3v) is 2.52. The van der Waals surface area contributed by atoms with Gasteiger partial charge in [0.15, 0.2) is 5.96 Å². The van der Waals surface area contributed by atoms with Gasteiger partial charge in [0.25, 0.3) is 0 Å². The van der Waals surface area contributed by atoms with Crippen molar-refractivity contribution in [2.24, 2.45) is 10.9 Å². The molecule has 18 heavy (non-hydrogen) atoms. The number of aliphatic hydroxyl groups excluding tert-OH is 1. The zero-order valence-electron chi connectivity index (χ0n) is 11.2. The fraction of sp³-hybridized carbons (Fsp3) is 0.917. The molecule has 0 radical (unpaired) electrons. The molecule has 0 spiro atoms. The van der Waals surface area contributed by atoms with Crippen LogP contribution < -0.4 is 10.6 Å². The molecule has 1 saturated carbocycles. The maximum absolute atomic E-state index is 8.72. The molecule has 1 fully saturated rings. The molecule has 1 rings (SSSR count). The van der Waals surface area contributed by atoms with E-state index >= 15 is 0 Å². The number of guanidine groups is 1. The summed E-state index contributed by atoms with van der Waals surface area (Å²) in [7, 11) is 0. The number of hydrogen-bond donors (Lipinski definition) is 3. The summed E-state index contributed by atoms with van der Waals surface area (Å²) in [5.41, 5.74) is 0. The summed E-state index contributed by atoms with van der Waals surface area (Å²) in [6.07, 6.45) is 3.63. The Bertz CT molecular complexity index is 223. The monoisotopic (exact) mass is 371 g/mol. The first-order valence-electron chi connectivity index (χ1n) is 6.57. The summed E-state index contributed by atoms with van der Waals surface area (Å²) >= 11 is 0. The molecule has 0 unspecified atom stereocenters. The molecular formula is C12H26IN3O2. The van der Waals surface area contributed by atoms with E-state index in [-0.39, 0.29) is 30.6 Å². The quantitative estimate of drug-likeness (QED) is 0.245. The van der Waals surface area contributed by atoms with Crippen molar-refractivity contribution in [1.82, 2.24) is 10.6 Å². The fourth-order valence-electron chi connectivity index (χ4n) is 1.41. The number of hydrogen-bond acceptors (Lipinski definition) is 3. The number of aliphatic imine (C=N–C) groups is 1. The van der Waals surface area contributed by atoms with Crippen molar-refractivity contribution >= 4 is 29.9 Å². The highest BCUT2D eigenvalue weighted by Gasteiger charge is 2.20. The minimum absolute atomic E-state index is 0. The van der Waals surface area contributed by atoms with Gasteiger partial charge in [0.1, 0.15) is 0 Å². The topological polar surface area (TPSA) is 65.9 Å². The number of nitrogens with zero attached hydrogens (tertiary/aromatic N) is 1. The molecule has 3 N–H and O–H groups in total. The van der Waals surface area contributed by atoms with E-state index in [1.165, 1.54) is 12.8 Å². The van der Waals surface area contributed by atoms with Gasteiger partial charge >= 0.3 is 0 Å². The second kappa shape index (κ2) is 12.0. The van der Waals surface area contributed by atoms with E-state index in [0.29, 0.717) is 6.54 Å². The lowest BCUT2D eigenvalue weighted by molar-refractivity contribution is 0.123. The van der Waals surface area contributed by atoms with Crippen LogP contribution in [0.2, 0.25) is 0 Å². The number of ether oxygens (including phenoxy) is 1. The first-order chi connectivity index (χ1) is 8.36. The van der Waals surface area contributed by atoms with E-state index in [1.54, 1.807) is 0 Å². The Balaban J connectivity index is 0.00000289. The third-order valence-electron chi connectivity index (χ3n) is 2.52. The van der Waals surface area contributed by atoms with Crippen molar-refractivity contribution in [3.63, 3.8) is 0 Å². The van der Waals surface area contributed by atoms with E-state index in [0.717, 1.165) is 44.6 Å².